The Morgan fingerprint density at radius 3 is 2.67 bits per heavy atom. The van der Waals surface area contributed by atoms with E-state index in [1.807, 2.05) is 6.07 Å². The number of amides is 1. The summed E-state index contributed by atoms with van der Waals surface area (Å²) >= 11 is 0. The molecule has 0 radical (unpaired) electrons. The summed E-state index contributed by atoms with van der Waals surface area (Å²) in [6.45, 7) is 5.26. The van der Waals surface area contributed by atoms with Crippen LogP contribution in [-0.2, 0) is 11.8 Å². The number of hydrogen-bond acceptors (Lipinski definition) is 5. The van der Waals surface area contributed by atoms with E-state index < -0.39 is 11.7 Å². The minimum Gasteiger partial charge on any atom is -0.444 e. The van der Waals surface area contributed by atoms with E-state index in [9.17, 15) is 9.59 Å². The first kappa shape index (κ1) is 17.2. The molecule has 0 saturated carbocycles. The molecule has 0 saturated heterocycles. The van der Waals surface area contributed by atoms with Gasteiger partial charge in [0, 0.05) is 18.2 Å². The highest BCUT2D eigenvalue weighted by atomic mass is 16.6. The van der Waals surface area contributed by atoms with Crippen molar-refractivity contribution < 1.29 is 14.3 Å². The molecule has 0 spiro atoms. The molecule has 2 rings (SSSR count). The maximum absolute atomic E-state index is 12.1. The Hall–Kier alpha value is -3.14. The molecule has 0 bridgehead atoms. The zero-order valence-electron chi connectivity index (χ0n) is 14.0. The number of aldehydes is 1. The van der Waals surface area contributed by atoms with E-state index in [0.717, 1.165) is 0 Å². The molecule has 24 heavy (non-hydrogen) atoms. The first-order valence-electron chi connectivity index (χ1n) is 7.27. The van der Waals surface area contributed by atoms with Crippen LogP contribution < -0.4 is 5.32 Å². The second-order valence-corrected chi connectivity index (χ2v) is 6.18. The molecule has 0 unspecified atom stereocenters. The molecule has 0 aliphatic heterocycles. The van der Waals surface area contributed by atoms with Gasteiger partial charge in [-0.1, -0.05) is 6.07 Å². The fourth-order valence-electron chi connectivity index (χ4n) is 2.16. The summed E-state index contributed by atoms with van der Waals surface area (Å²) < 4.78 is 6.69. The second kappa shape index (κ2) is 6.54. The predicted octanol–water partition coefficient (Wildman–Crippen LogP) is 3.12. The first-order valence-corrected chi connectivity index (χ1v) is 7.27. The fraction of sp³-hybridized carbons (Fsp3) is 0.294. The van der Waals surface area contributed by atoms with Crippen LogP contribution in [0.5, 0.6) is 0 Å². The smallest absolute Gasteiger partial charge is 0.412 e. The van der Waals surface area contributed by atoms with Crippen LogP contribution >= 0.6 is 0 Å². The second-order valence-electron chi connectivity index (χ2n) is 6.18. The van der Waals surface area contributed by atoms with E-state index in [0.29, 0.717) is 34.4 Å². The van der Waals surface area contributed by atoms with Crippen molar-refractivity contribution >= 4 is 18.1 Å². The number of nitrogens with one attached hydrogen (secondary N) is 1. The highest BCUT2D eigenvalue weighted by Gasteiger charge is 2.19. The molecule has 0 aliphatic rings. The predicted molar refractivity (Wildman–Crippen MR) is 88.6 cm³/mol. The fourth-order valence-corrected chi connectivity index (χ4v) is 2.16. The van der Waals surface area contributed by atoms with E-state index >= 15 is 0 Å². The van der Waals surface area contributed by atoms with Gasteiger partial charge in [-0.05, 0) is 32.9 Å². The van der Waals surface area contributed by atoms with Gasteiger partial charge < -0.3 is 4.74 Å². The van der Waals surface area contributed by atoms with Crippen LogP contribution in [0.1, 0.15) is 36.8 Å². The number of benzene rings is 1. The number of carbonyl (C=O) groups is 2. The maximum Gasteiger partial charge on any atom is 0.412 e. The van der Waals surface area contributed by atoms with Crippen molar-refractivity contribution in [3.63, 3.8) is 0 Å². The van der Waals surface area contributed by atoms with Gasteiger partial charge >= 0.3 is 6.09 Å². The Balaban J connectivity index is 2.47. The van der Waals surface area contributed by atoms with Gasteiger partial charge in [0.15, 0.2) is 6.29 Å². The van der Waals surface area contributed by atoms with Crippen LogP contribution in [0.4, 0.5) is 10.5 Å². The third kappa shape index (κ3) is 3.79. The standard InChI is InChI=1S/C17H18N4O3/c1-17(2,3)24-16(23)20-14-7-11(8-18)5-6-12(14)13-9-19-21(4)15(13)10-22/h5-7,9-10H,1-4H3,(H,20,23). The largest absolute Gasteiger partial charge is 0.444 e. The number of aromatic nitrogens is 2. The van der Waals surface area contributed by atoms with Gasteiger partial charge in [-0.3, -0.25) is 14.8 Å². The van der Waals surface area contributed by atoms with Gasteiger partial charge in [-0.15, -0.1) is 0 Å². The van der Waals surface area contributed by atoms with Gasteiger partial charge in [0.2, 0.25) is 0 Å². The molecule has 1 amide bonds. The number of aryl methyl sites for hydroxylation is 1. The first-order chi connectivity index (χ1) is 11.2. The van der Waals surface area contributed by atoms with Crippen molar-refractivity contribution in [1.82, 2.24) is 9.78 Å². The molecule has 0 fully saturated rings. The van der Waals surface area contributed by atoms with Crippen LogP contribution in [0.25, 0.3) is 11.1 Å². The van der Waals surface area contributed by atoms with E-state index in [4.69, 9.17) is 10.00 Å². The molecule has 1 aromatic carbocycles. The van der Waals surface area contributed by atoms with Gasteiger partial charge in [0.05, 0.1) is 23.5 Å². The molecule has 1 heterocycles. The summed E-state index contributed by atoms with van der Waals surface area (Å²) in [5.41, 5.74) is 1.60. The van der Waals surface area contributed by atoms with Gasteiger partial charge in [-0.25, -0.2) is 4.79 Å². The summed E-state index contributed by atoms with van der Waals surface area (Å²) in [6.07, 6.45) is 1.58. The molecule has 2 aromatic rings. The zero-order valence-corrected chi connectivity index (χ0v) is 14.0. The molecular weight excluding hydrogens is 308 g/mol. The van der Waals surface area contributed by atoms with E-state index in [-0.39, 0.29) is 0 Å². The van der Waals surface area contributed by atoms with Crippen molar-refractivity contribution in [1.29, 1.82) is 5.26 Å². The summed E-state index contributed by atoms with van der Waals surface area (Å²) in [7, 11) is 1.65. The third-order valence-corrected chi connectivity index (χ3v) is 3.17. The monoisotopic (exact) mass is 326 g/mol. The number of anilines is 1. The van der Waals surface area contributed by atoms with Crippen LogP contribution in [-0.4, -0.2) is 27.8 Å². The average Bonchev–Trinajstić information content (AvgIpc) is 2.85. The Labute approximate surface area is 139 Å². The minimum atomic E-state index is -0.653. The van der Waals surface area contributed by atoms with Crippen molar-refractivity contribution in [2.45, 2.75) is 26.4 Å². The molecule has 7 nitrogen and oxygen atoms in total. The molecule has 1 N–H and O–H groups in total. The molecule has 1 aromatic heterocycles. The SMILES string of the molecule is Cn1ncc(-c2ccc(C#N)cc2NC(=O)OC(C)(C)C)c1C=O. The lowest BCUT2D eigenvalue weighted by Gasteiger charge is -2.20. The van der Waals surface area contributed by atoms with Crippen LogP contribution in [0, 0.1) is 11.3 Å². The third-order valence-electron chi connectivity index (χ3n) is 3.17. The van der Waals surface area contributed by atoms with Crippen molar-refractivity contribution in [2.75, 3.05) is 5.32 Å². The molecule has 7 heteroatoms. The maximum atomic E-state index is 12.1. The van der Waals surface area contributed by atoms with E-state index in [1.54, 1.807) is 40.0 Å². The molecule has 0 atom stereocenters. The Kier molecular flexibility index (Phi) is 4.69. The number of carbonyl (C=O) groups excluding carboxylic acids is 2. The van der Waals surface area contributed by atoms with Gasteiger partial charge in [0.25, 0.3) is 0 Å². The number of hydrogen-bond donors (Lipinski definition) is 1. The quantitative estimate of drug-likeness (QED) is 0.874. The summed E-state index contributed by atoms with van der Waals surface area (Å²) in [5.74, 6) is 0. The summed E-state index contributed by atoms with van der Waals surface area (Å²) in [4.78, 5) is 23.4. The van der Waals surface area contributed by atoms with E-state index in [2.05, 4.69) is 10.4 Å². The van der Waals surface area contributed by atoms with Crippen LogP contribution in [0.3, 0.4) is 0 Å². The summed E-state index contributed by atoms with van der Waals surface area (Å²) in [6, 6.07) is 6.82. The normalized spacial score (nSPS) is 10.8. The topological polar surface area (TPSA) is 97.0 Å². The highest BCUT2D eigenvalue weighted by molar-refractivity contribution is 5.95. The van der Waals surface area contributed by atoms with Gasteiger partial charge in [0.1, 0.15) is 11.3 Å². The number of nitriles is 1. The lowest BCUT2D eigenvalue weighted by molar-refractivity contribution is 0.0636. The lowest BCUT2D eigenvalue weighted by atomic mass is 10.0. The van der Waals surface area contributed by atoms with Crippen LogP contribution in [0.15, 0.2) is 24.4 Å². The Morgan fingerprint density at radius 1 is 1.38 bits per heavy atom. The highest BCUT2D eigenvalue weighted by Crippen LogP contribution is 2.31. The van der Waals surface area contributed by atoms with Gasteiger partial charge in [-0.2, -0.15) is 10.4 Å². The lowest BCUT2D eigenvalue weighted by Crippen LogP contribution is -2.27. The molecule has 0 aliphatic carbocycles. The number of ether oxygens (including phenoxy) is 1. The molecular formula is C17H18N4O3. The van der Waals surface area contributed by atoms with Crippen molar-refractivity contribution in [3.8, 4) is 17.2 Å². The average molecular weight is 326 g/mol. The summed E-state index contributed by atoms with van der Waals surface area (Å²) in [5, 5.41) is 15.8. The Bertz CT molecular complexity index is 825. The zero-order chi connectivity index (χ0) is 17.9. The van der Waals surface area contributed by atoms with Crippen molar-refractivity contribution in [3.05, 3.63) is 35.7 Å². The van der Waals surface area contributed by atoms with Crippen molar-refractivity contribution in [2.24, 2.45) is 7.05 Å². The van der Waals surface area contributed by atoms with Crippen LogP contribution in [0.2, 0.25) is 0 Å². The minimum absolute atomic E-state index is 0.368. The Morgan fingerprint density at radius 2 is 2.08 bits per heavy atom. The number of nitrogens with zero attached hydrogens (tertiary/aromatic N) is 3. The van der Waals surface area contributed by atoms with E-state index in [1.165, 1.54) is 16.9 Å². The number of rotatable bonds is 3. The molecule has 124 valence electrons.